The minimum absolute atomic E-state index is 0.0652. The first-order valence-electron chi connectivity index (χ1n) is 10.6. The summed E-state index contributed by atoms with van der Waals surface area (Å²) in [6, 6.07) is 7.38. The van der Waals surface area contributed by atoms with Crippen molar-refractivity contribution in [2.45, 2.75) is 68.6 Å². The average Bonchev–Trinajstić information content (AvgIpc) is 3.52. The van der Waals surface area contributed by atoms with Crippen LogP contribution < -0.4 is 0 Å². The molecule has 6 nitrogen and oxygen atoms in total. The normalized spacial score (nSPS) is 21.6. The number of likely N-dealkylation sites (N-methyl/N-ethyl adjacent to an activating group) is 1. The van der Waals surface area contributed by atoms with Gasteiger partial charge in [-0.05, 0) is 45.1 Å². The summed E-state index contributed by atoms with van der Waals surface area (Å²) < 4.78 is 2.10. The fourth-order valence-corrected chi connectivity index (χ4v) is 5.63. The summed E-state index contributed by atoms with van der Waals surface area (Å²) in [6.45, 7) is 2.85. The molecule has 0 unspecified atom stereocenters. The first kappa shape index (κ1) is 21.4. The lowest BCUT2D eigenvalue weighted by Crippen LogP contribution is -2.54. The number of nitrogens with zero attached hydrogens (tertiary/aromatic N) is 4. The lowest BCUT2D eigenvalue weighted by atomic mass is 9.74. The molecule has 8 heteroatoms. The van der Waals surface area contributed by atoms with Crippen molar-refractivity contribution in [2.75, 3.05) is 12.8 Å². The Morgan fingerprint density at radius 3 is 2.73 bits per heavy atom. The Morgan fingerprint density at radius 2 is 2.07 bits per heavy atom. The summed E-state index contributed by atoms with van der Waals surface area (Å²) >= 11 is 7.89. The van der Waals surface area contributed by atoms with Crippen molar-refractivity contribution < 1.29 is 9.59 Å². The van der Waals surface area contributed by atoms with Gasteiger partial charge in [0.25, 0.3) is 0 Å². The number of amides is 1. The number of carbonyl (C=O) groups is 2. The quantitative estimate of drug-likeness (QED) is 0.589. The predicted molar refractivity (Wildman–Crippen MR) is 118 cm³/mol. The van der Waals surface area contributed by atoms with Gasteiger partial charge in [-0.2, -0.15) is 0 Å². The number of carbonyl (C=O) groups excluding carboxylic acids is 2. The molecule has 1 heterocycles. The number of rotatable bonds is 7. The fraction of sp³-hybridized carbons (Fsp3) is 0.545. The van der Waals surface area contributed by atoms with Crippen LogP contribution in [-0.4, -0.2) is 44.2 Å². The topological polar surface area (TPSA) is 68.1 Å². The van der Waals surface area contributed by atoms with Gasteiger partial charge in [-0.3, -0.25) is 9.59 Å². The van der Waals surface area contributed by atoms with E-state index >= 15 is 0 Å². The van der Waals surface area contributed by atoms with Gasteiger partial charge in [0.15, 0.2) is 10.9 Å². The van der Waals surface area contributed by atoms with Gasteiger partial charge < -0.3 is 9.47 Å². The van der Waals surface area contributed by atoms with Crippen LogP contribution in [0.25, 0.3) is 0 Å². The van der Waals surface area contributed by atoms with Gasteiger partial charge in [-0.1, -0.05) is 41.6 Å². The molecule has 2 fully saturated rings. The lowest BCUT2D eigenvalue weighted by molar-refractivity contribution is -0.146. The van der Waals surface area contributed by atoms with Gasteiger partial charge >= 0.3 is 0 Å². The van der Waals surface area contributed by atoms with Gasteiger partial charge in [-0.25, -0.2) is 0 Å². The number of hydrogen-bond donors (Lipinski definition) is 0. The van der Waals surface area contributed by atoms with E-state index in [1.165, 1.54) is 11.8 Å². The molecule has 2 aromatic rings. The van der Waals surface area contributed by atoms with Gasteiger partial charge in [0.1, 0.15) is 11.4 Å². The molecule has 0 bridgehead atoms. The molecule has 1 atom stereocenters. The molecule has 0 aliphatic heterocycles. The van der Waals surface area contributed by atoms with E-state index in [1.807, 2.05) is 18.2 Å². The molecule has 1 aromatic heterocycles. The molecular formula is C22H27ClN4O2S. The van der Waals surface area contributed by atoms with Crippen molar-refractivity contribution in [3.8, 4) is 0 Å². The van der Waals surface area contributed by atoms with Crippen molar-refractivity contribution in [1.82, 2.24) is 19.7 Å². The van der Waals surface area contributed by atoms with E-state index in [0.717, 1.165) is 48.8 Å². The Hall–Kier alpha value is -1.86. The van der Waals surface area contributed by atoms with E-state index in [1.54, 1.807) is 18.0 Å². The van der Waals surface area contributed by atoms with Crippen LogP contribution in [-0.2, 0) is 21.7 Å². The molecule has 4 rings (SSSR count). The van der Waals surface area contributed by atoms with Crippen LogP contribution in [0, 0.1) is 0 Å². The minimum atomic E-state index is -0.994. The molecule has 0 saturated heterocycles. The van der Waals surface area contributed by atoms with Crippen LogP contribution in [0.3, 0.4) is 0 Å². The summed E-state index contributed by atoms with van der Waals surface area (Å²) in [5, 5.41) is 9.95. The van der Waals surface area contributed by atoms with E-state index in [0.29, 0.717) is 23.8 Å². The number of hydrogen-bond acceptors (Lipinski definition) is 5. The van der Waals surface area contributed by atoms with Crippen molar-refractivity contribution >= 4 is 35.1 Å². The zero-order valence-corrected chi connectivity index (χ0v) is 19.0. The average molecular weight is 447 g/mol. The van der Waals surface area contributed by atoms with Crippen LogP contribution in [0.15, 0.2) is 29.4 Å². The SMILES string of the molecule is CCn1c(SCC(=O)N(C)[C@]2(c3ccccc3Cl)CCCCC2=O)nnc1C1CC1. The molecule has 160 valence electrons. The molecule has 2 saturated carbocycles. The van der Waals surface area contributed by atoms with E-state index in [2.05, 4.69) is 21.7 Å². The molecule has 1 amide bonds. The Balaban J connectivity index is 1.56. The maximum atomic E-state index is 13.3. The Labute approximate surface area is 186 Å². The highest BCUT2D eigenvalue weighted by atomic mass is 35.5. The van der Waals surface area contributed by atoms with Crippen molar-refractivity contribution in [3.63, 3.8) is 0 Å². The summed E-state index contributed by atoms with van der Waals surface area (Å²) in [5.41, 5.74) is -0.267. The third kappa shape index (κ3) is 3.78. The fourth-order valence-electron chi connectivity index (χ4n) is 4.41. The number of benzene rings is 1. The predicted octanol–water partition coefficient (Wildman–Crippen LogP) is 4.42. The van der Waals surface area contributed by atoms with Gasteiger partial charge in [0.05, 0.1) is 5.75 Å². The third-order valence-corrected chi connectivity index (χ3v) is 7.53. The van der Waals surface area contributed by atoms with Crippen LogP contribution in [0.4, 0.5) is 0 Å². The van der Waals surface area contributed by atoms with Crippen molar-refractivity contribution in [3.05, 3.63) is 40.7 Å². The maximum Gasteiger partial charge on any atom is 0.233 e. The van der Waals surface area contributed by atoms with Gasteiger partial charge in [0, 0.05) is 36.5 Å². The first-order chi connectivity index (χ1) is 14.5. The molecule has 30 heavy (non-hydrogen) atoms. The largest absolute Gasteiger partial charge is 0.328 e. The van der Waals surface area contributed by atoms with Crippen molar-refractivity contribution in [2.24, 2.45) is 0 Å². The molecule has 1 aromatic carbocycles. The molecule has 2 aliphatic carbocycles. The van der Waals surface area contributed by atoms with E-state index < -0.39 is 5.54 Å². The summed E-state index contributed by atoms with van der Waals surface area (Å²) in [5.74, 6) is 1.70. The monoisotopic (exact) mass is 446 g/mol. The molecule has 0 spiro atoms. The van der Waals surface area contributed by atoms with E-state index in [4.69, 9.17) is 11.6 Å². The highest BCUT2D eigenvalue weighted by Gasteiger charge is 2.47. The second kappa shape index (κ2) is 8.71. The van der Waals surface area contributed by atoms with E-state index in [9.17, 15) is 9.59 Å². The van der Waals surface area contributed by atoms with Crippen molar-refractivity contribution in [1.29, 1.82) is 0 Å². The van der Waals surface area contributed by atoms with E-state index in [-0.39, 0.29) is 17.4 Å². The Bertz CT molecular complexity index is 958. The standard InChI is InChI=1S/C22H27ClN4O2S/c1-3-27-20(15-11-12-15)24-25-21(27)30-14-19(29)26(2)22(13-7-6-10-18(22)28)16-8-4-5-9-17(16)23/h4-5,8-9,15H,3,6-7,10-14H2,1-2H3/t22-/m0/s1. The highest BCUT2D eigenvalue weighted by Crippen LogP contribution is 2.43. The highest BCUT2D eigenvalue weighted by molar-refractivity contribution is 7.99. The lowest BCUT2D eigenvalue weighted by Gasteiger charge is -2.44. The number of halogens is 1. The van der Waals surface area contributed by atoms with Crippen LogP contribution in [0.1, 0.15) is 62.8 Å². The van der Waals surface area contributed by atoms with Crippen LogP contribution in [0.2, 0.25) is 5.02 Å². The minimum Gasteiger partial charge on any atom is -0.328 e. The van der Waals surface area contributed by atoms with Crippen LogP contribution in [0.5, 0.6) is 0 Å². The number of ketones is 1. The molecular weight excluding hydrogens is 420 g/mol. The van der Waals surface area contributed by atoms with Gasteiger partial charge in [0.2, 0.25) is 5.91 Å². The first-order valence-corrected chi connectivity index (χ1v) is 12.0. The Morgan fingerprint density at radius 1 is 1.30 bits per heavy atom. The zero-order valence-electron chi connectivity index (χ0n) is 17.4. The second-order valence-electron chi connectivity index (χ2n) is 8.07. The third-order valence-electron chi connectivity index (χ3n) is 6.25. The smallest absolute Gasteiger partial charge is 0.233 e. The summed E-state index contributed by atoms with van der Waals surface area (Å²) in [7, 11) is 1.73. The maximum absolute atomic E-state index is 13.3. The molecule has 2 aliphatic rings. The van der Waals surface area contributed by atoms with Crippen LogP contribution >= 0.6 is 23.4 Å². The summed E-state index contributed by atoms with van der Waals surface area (Å²) in [4.78, 5) is 28.1. The Kier molecular flexibility index (Phi) is 6.21. The number of thioether (sulfide) groups is 1. The van der Waals surface area contributed by atoms with Gasteiger partial charge in [-0.15, -0.1) is 10.2 Å². The second-order valence-corrected chi connectivity index (χ2v) is 9.42. The number of Topliss-reactive ketones (excluding diaryl/α,β-unsaturated/α-hetero) is 1. The zero-order chi connectivity index (χ0) is 21.3. The molecule has 0 radical (unpaired) electrons. The molecule has 0 N–H and O–H groups in total. The number of aromatic nitrogens is 3. The summed E-state index contributed by atoms with van der Waals surface area (Å²) in [6.07, 6.45) is 5.12.